The van der Waals surface area contributed by atoms with E-state index in [1.54, 1.807) is 11.0 Å². The second kappa shape index (κ2) is 5.13. The minimum absolute atomic E-state index is 0.0722. The summed E-state index contributed by atoms with van der Waals surface area (Å²) in [5, 5.41) is 12.0. The van der Waals surface area contributed by atoms with Crippen molar-refractivity contribution in [2.45, 2.75) is 18.9 Å². The van der Waals surface area contributed by atoms with Crippen molar-refractivity contribution in [1.82, 2.24) is 4.90 Å². The van der Waals surface area contributed by atoms with Gasteiger partial charge in [-0.2, -0.15) is 0 Å². The van der Waals surface area contributed by atoms with Crippen LogP contribution in [0.2, 0.25) is 0 Å². The normalized spacial score (nSPS) is 16.6. The number of fused-ring (bicyclic) bond motifs is 1. The Morgan fingerprint density at radius 1 is 1.15 bits per heavy atom. The Balaban J connectivity index is 1.94. The minimum atomic E-state index is -0.111. The molecule has 1 fully saturated rings. The first kappa shape index (κ1) is 12.9. The van der Waals surface area contributed by atoms with Crippen LogP contribution in [-0.2, 0) is 0 Å². The van der Waals surface area contributed by atoms with Crippen LogP contribution in [0.1, 0.15) is 23.2 Å². The third kappa shape index (κ3) is 2.23. The lowest BCUT2D eigenvalue weighted by Gasteiger charge is -2.30. The van der Waals surface area contributed by atoms with Gasteiger partial charge in [0.05, 0.1) is 5.56 Å². The Morgan fingerprint density at radius 2 is 1.85 bits per heavy atom. The molecule has 3 rings (SSSR count). The van der Waals surface area contributed by atoms with Gasteiger partial charge in [0, 0.05) is 24.5 Å². The smallest absolute Gasteiger partial charge is 0.257 e. The van der Waals surface area contributed by atoms with Crippen molar-refractivity contribution in [2.75, 3.05) is 13.1 Å². The molecule has 1 aliphatic heterocycles. The van der Waals surface area contributed by atoms with Gasteiger partial charge in [-0.05, 0) is 24.3 Å². The maximum atomic E-state index is 12.5. The molecule has 1 heterocycles. The van der Waals surface area contributed by atoms with E-state index in [-0.39, 0.29) is 17.7 Å². The first-order valence-electron chi connectivity index (χ1n) is 6.92. The molecule has 0 spiro atoms. The molecule has 104 valence electrons. The van der Waals surface area contributed by atoms with E-state index in [2.05, 4.69) is 0 Å². The van der Waals surface area contributed by atoms with Crippen LogP contribution in [0.4, 0.5) is 0 Å². The van der Waals surface area contributed by atoms with Gasteiger partial charge in [-0.3, -0.25) is 4.79 Å². The highest BCUT2D eigenvalue weighted by Gasteiger charge is 2.24. The number of likely N-dealkylation sites (tertiary alicyclic amines) is 1. The number of carbonyl (C=O) groups excluding carboxylic acids is 1. The molecule has 0 saturated carbocycles. The standard InChI is InChI=1S/C16H18N2O2/c17-12-7-9-18(10-8-12)16(20)14-6-5-11-3-1-2-4-13(11)15(14)19/h1-6,12,19H,7-10,17H2. The summed E-state index contributed by atoms with van der Waals surface area (Å²) in [6.45, 7) is 1.32. The van der Waals surface area contributed by atoms with E-state index in [4.69, 9.17) is 5.73 Å². The van der Waals surface area contributed by atoms with Crippen molar-refractivity contribution in [3.8, 4) is 5.75 Å². The minimum Gasteiger partial charge on any atom is -0.506 e. The summed E-state index contributed by atoms with van der Waals surface area (Å²) < 4.78 is 0. The van der Waals surface area contributed by atoms with E-state index < -0.39 is 0 Å². The van der Waals surface area contributed by atoms with Gasteiger partial charge in [-0.25, -0.2) is 0 Å². The Hall–Kier alpha value is -2.07. The molecule has 1 amide bonds. The van der Waals surface area contributed by atoms with Gasteiger partial charge in [-0.15, -0.1) is 0 Å². The maximum Gasteiger partial charge on any atom is 0.257 e. The molecule has 3 N–H and O–H groups in total. The third-order valence-corrected chi connectivity index (χ3v) is 3.96. The van der Waals surface area contributed by atoms with Crippen molar-refractivity contribution >= 4 is 16.7 Å². The van der Waals surface area contributed by atoms with E-state index in [1.165, 1.54) is 0 Å². The van der Waals surface area contributed by atoms with Crippen LogP contribution >= 0.6 is 0 Å². The molecule has 0 aliphatic carbocycles. The molecule has 2 aromatic carbocycles. The Labute approximate surface area is 117 Å². The van der Waals surface area contributed by atoms with Gasteiger partial charge in [0.1, 0.15) is 5.75 Å². The summed E-state index contributed by atoms with van der Waals surface area (Å²) in [5.74, 6) is -0.0388. The number of benzene rings is 2. The summed E-state index contributed by atoms with van der Waals surface area (Å²) in [6.07, 6.45) is 1.64. The lowest BCUT2D eigenvalue weighted by atomic mass is 10.0. The number of piperidine rings is 1. The monoisotopic (exact) mass is 270 g/mol. The summed E-state index contributed by atoms with van der Waals surface area (Å²) in [4.78, 5) is 14.3. The van der Waals surface area contributed by atoms with Gasteiger partial charge < -0.3 is 15.7 Å². The molecular formula is C16H18N2O2. The van der Waals surface area contributed by atoms with Crippen LogP contribution in [0.5, 0.6) is 5.75 Å². The van der Waals surface area contributed by atoms with Crippen molar-refractivity contribution in [3.05, 3.63) is 42.0 Å². The van der Waals surface area contributed by atoms with Crippen LogP contribution in [0.15, 0.2) is 36.4 Å². The molecule has 20 heavy (non-hydrogen) atoms. The predicted molar refractivity (Wildman–Crippen MR) is 78.7 cm³/mol. The second-order valence-electron chi connectivity index (χ2n) is 5.31. The van der Waals surface area contributed by atoms with Crippen molar-refractivity contribution < 1.29 is 9.90 Å². The number of phenols is 1. The number of hydrogen-bond donors (Lipinski definition) is 2. The fourth-order valence-electron chi connectivity index (χ4n) is 2.70. The molecule has 1 aliphatic rings. The molecule has 0 unspecified atom stereocenters. The van der Waals surface area contributed by atoms with Crippen molar-refractivity contribution in [2.24, 2.45) is 5.73 Å². The van der Waals surface area contributed by atoms with Crippen LogP contribution < -0.4 is 5.73 Å². The number of rotatable bonds is 1. The molecule has 0 aromatic heterocycles. The van der Waals surface area contributed by atoms with Crippen molar-refractivity contribution in [1.29, 1.82) is 0 Å². The maximum absolute atomic E-state index is 12.5. The Kier molecular flexibility index (Phi) is 3.32. The van der Waals surface area contributed by atoms with Crippen LogP contribution in [0, 0.1) is 0 Å². The largest absolute Gasteiger partial charge is 0.506 e. The lowest BCUT2D eigenvalue weighted by Crippen LogP contribution is -2.42. The van der Waals surface area contributed by atoms with E-state index in [9.17, 15) is 9.90 Å². The van der Waals surface area contributed by atoms with Gasteiger partial charge in [-0.1, -0.05) is 30.3 Å². The molecule has 2 aromatic rings. The van der Waals surface area contributed by atoms with Gasteiger partial charge >= 0.3 is 0 Å². The van der Waals surface area contributed by atoms with Crippen LogP contribution in [-0.4, -0.2) is 35.0 Å². The van der Waals surface area contributed by atoms with E-state index >= 15 is 0 Å². The summed E-state index contributed by atoms with van der Waals surface area (Å²) >= 11 is 0. The number of phenolic OH excluding ortho intramolecular Hbond substituents is 1. The summed E-state index contributed by atoms with van der Waals surface area (Å²) in [7, 11) is 0. The average Bonchev–Trinajstić information content (AvgIpc) is 2.48. The fourth-order valence-corrected chi connectivity index (χ4v) is 2.70. The topological polar surface area (TPSA) is 66.6 Å². The second-order valence-corrected chi connectivity index (χ2v) is 5.31. The van der Waals surface area contributed by atoms with Crippen LogP contribution in [0.3, 0.4) is 0 Å². The number of amides is 1. The van der Waals surface area contributed by atoms with Gasteiger partial charge in [0.25, 0.3) is 5.91 Å². The lowest BCUT2D eigenvalue weighted by molar-refractivity contribution is 0.0712. The molecule has 4 nitrogen and oxygen atoms in total. The number of aromatic hydroxyl groups is 1. The molecule has 0 radical (unpaired) electrons. The summed E-state index contributed by atoms with van der Waals surface area (Å²) in [6, 6.07) is 11.3. The summed E-state index contributed by atoms with van der Waals surface area (Å²) in [5.41, 5.74) is 6.23. The molecule has 4 heteroatoms. The quantitative estimate of drug-likeness (QED) is 0.834. The zero-order valence-corrected chi connectivity index (χ0v) is 11.2. The number of hydrogen-bond acceptors (Lipinski definition) is 3. The fraction of sp³-hybridized carbons (Fsp3) is 0.312. The highest BCUT2D eigenvalue weighted by molar-refractivity contribution is 6.03. The zero-order chi connectivity index (χ0) is 14.1. The van der Waals surface area contributed by atoms with Gasteiger partial charge in [0.15, 0.2) is 0 Å². The van der Waals surface area contributed by atoms with E-state index in [0.29, 0.717) is 24.0 Å². The first-order chi connectivity index (χ1) is 9.66. The first-order valence-corrected chi connectivity index (χ1v) is 6.92. The Bertz CT molecular complexity index is 646. The third-order valence-electron chi connectivity index (χ3n) is 3.96. The SMILES string of the molecule is NC1CCN(C(=O)c2ccc3ccccc3c2O)CC1. The number of carbonyl (C=O) groups is 1. The molecule has 0 bridgehead atoms. The van der Waals surface area contributed by atoms with E-state index in [1.807, 2.05) is 30.3 Å². The average molecular weight is 270 g/mol. The molecule has 0 atom stereocenters. The zero-order valence-electron chi connectivity index (χ0n) is 11.2. The van der Waals surface area contributed by atoms with Gasteiger partial charge in [0.2, 0.25) is 0 Å². The van der Waals surface area contributed by atoms with Crippen LogP contribution in [0.25, 0.3) is 10.8 Å². The van der Waals surface area contributed by atoms with E-state index in [0.717, 1.165) is 18.2 Å². The molecular weight excluding hydrogens is 252 g/mol. The Morgan fingerprint density at radius 3 is 2.60 bits per heavy atom. The highest BCUT2D eigenvalue weighted by atomic mass is 16.3. The molecule has 1 saturated heterocycles. The number of nitrogens with two attached hydrogens (primary N) is 1. The number of nitrogens with zero attached hydrogens (tertiary/aromatic N) is 1. The highest BCUT2D eigenvalue weighted by Crippen LogP contribution is 2.29. The van der Waals surface area contributed by atoms with Crippen molar-refractivity contribution in [3.63, 3.8) is 0 Å². The predicted octanol–water partition coefficient (Wildman–Crippen LogP) is 2.11.